The van der Waals surface area contributed by atoms with Crippen LogP contribution in [0.3, 0.4) is 0 Å². The first-order valence-corrected chi connectivity index (χ1v) is 8.28. The SMILES string of the molecule is Cc1ccc(S(=O)(=O)OC2CCN(CC(F)F)CC2)cc1. The molecule has 1 fully saturated rings. The number of halogens is 2. The molecular weight excluding hydrogens is 300 g/mol. The molecule has 0 amide bonds. The lowest BCUT2D eigenvalue weighted by molar-refractivity contribution is 0.0496. The largest absolute Gasteiger partial charge is 0.298 e. The van der Waals surface area contributed by atoms with Crippen molar-refractivity contribution in [3.8, 4) is 0 Å². The maximum Gasteiger partial charge on any atom is 0.297 e. The zero-order valence-electron chi connectivity index (χ0n) is 11.8. The predicted molar refractivity (Wildman–Crippen MR) is 74.9 cm³/mol. The van der Waals surface area contributed by atoms with Gasteiger partial charge in [-0.2, -0.15) is 8.42 Å². The highest BCUT2D eigenvalue weighted by atomic mass is 32.2. The Balaban J connectivity index is 1.92. The summed E-state index contributed by atoms with van der Waals surface area (Å²) >= 11 is 0. The number of hydrogen-bond donors (Lipinski definition) is 0. The lowest BCUT2D eigenvalue weighted by Crippen LogP contribution is -2.40. The smallest absolute Gasteiger partial charge is 0.297 e. The monoisotopic (exact) mass is 319 g/mol. The molecule has 1 aliphatic rings. The van der Waals surface area contributed by atoms with E-state index in [0.717, 1.165) is 5.56 Å². The first kappa shape index (κ1) is 16.3. The highest BCUT2D eigenvalue weighted by Crippen LogP contribution is 2.21. The first-order chi connectivity index (χ1) is 9.87. The van der Waals surface area contributed by atoms with Crippen molar-refractivity contribution >= 4 is 10.1 Å². The Kier molecular flexibility index (Phi) is 5.29. The molecule has 0 bridgehead atoms. The molecule has 1 aromatic rings. The molecular formula is C14H19F2NO3S. The Morgan fingerprint density at radius 1 is 1.24 bits per heavy atom. The topological polar surface area (TPSA) is 46.6 Å². The molecule has 1 saturated heterocycles. The first-order valence-electron chi connectivity index (χ1n) is 6.87. The molecule has 1 heterocycles. The lowest BCUT2D eigenvalue weighted by Gasteiger charge is -2.31. The number of nitrogens with zero attached hydrogens (tertiary/aromatic N) is 1. The summed E-state index contributed by atoms with van der Waals surface area (Å²) in [6.45, 7) is 2.46. The summed E-state index contributed by atoms with van der Waals surface area (Å²) in [6.07, 6.45) is -1.92. The van der Waals surface area contributed by atoms with E-state index in [9.17, 15) is 17.2 Å². The van der Waals surface area contributed by atoms with Crippen LogP contribution in [0.5, 0.6) is 0 Å². The van der Waals surface area contributed by atoms with Crippen LogP contribution in [-0.2, 0) is 14.3 Å². The summed E-state index contributed by atoms with van der Waals surface area (Å²) in [5, 5.41) is 0. The van der Waals surface area contributed by atoms with Gasteiger partial charge in [0.05, 0.1) is 17.5 Å². The maximum absolute atomic E-state index is 12.3. The van der Waals surface area contributed by atoms with Crippen molar-refractivity contribution in [3.63, 3.8) is 0 Å². The van der Waals surface area contributed by atoms with Crippen molar-refractivity contribution in [2.24, 2.45) is 0 Å². The highest BCUT2D eigenvalue weighted by molar-refractivity contribution is 7.86. The Morgan fingerprint density at radius 2 is 1.81 bits per heavy atom. The summed E-state index contributed by atoms with van der Waals surface area (Å²) in [7, 11) is -3.78. The van der Waals surface area contributed by atoms with Crippen molar-refractivity contribution in [1.29, 1.82) is 0 Å². The fourth-order valence-electron chi connectivity index (χ4n) is 2.32. The average Bonchev–Trinajstić information content (AvgIpc) is 2.40. The van der Waals surface area contributed by atoms with Gasteiger partial charge in [0.2, 0.25) is 0 Å². The van der Waals surface area contributed by atoms with E-state index in [4.69, 9.17) is 4.18 Å². The third-order valence-corrected chi connectivity index (χ3v) is 4.88. The number of piperidine rings is 1. The van der Waals surface area contributed by atoms with E-state index in [-0.39, 0.29) is 11.4 Å². The third-order valence-electron chi connectivity index (χ3n) is 3.50. The normalized spacial score (nSPS) is 18.3. The average molecular weight is 319 g/mol. The van der Waals surface area contributed by atoms with Gasteiger partial charge in [-0.25, -0.2) is 8.78 Å². The summed E-state index contributed by atoms with van der Waals surface area (Å²) in [5.41, 5.74) is 0.967. The lowest BCUT2D eigenvalue weighted by atomic mass is 10.1. The minimum atomic E-state index is -3.78. The highest BCUT2D eigenvalue weighted by Gasteiger charge is 2.27. The molecule has 0 atom stereocenters. The molecule has 118 valence electrons. The van der Waals surface area contributed by atoms with E-state index in [0.29, 0.717) is 25.9 Å². The number of rotatable bonds is 5. The third kappa shape index (κ3) is 4.72. The Morgan fingerprint density at radius 3 is 2.33 bits per heavy atom. The van der Waals surface area contributed by atoms with Crippen molar-refractivity contribution in [2.45, 2.75) is 37.2 Å². The van der Waals surface area contributed by atoms with Gasteiger partial charge in [-0.15, -0.1) is 0 Å². The molecule has 0 aliphatic carbocycles. The maximum atomic E-state index is 12.3. The van der Waals surface area contributed by atoms with E-state index in [2.05, 4.69) is 0 Å². The second-order valence-electron chi connectivity index (χ2n) is 5.25. The molecule has 0 aromatic heterocycles. The van der Waals surface area contributed by atoms with Crippen LogP contribution in [0.1, 0.15) is 18.4 Å². The molecule has 7 heteroatoms. The summed E-state index contributed by atoms with van der Waals surface area (Å²) in [5.74, 6) is 0. The van der Waals surface area contributed by atoms with Gasteiger partial charge >= 0.3 is 0 Å². The van der Waals surface area contributed by atoms with Gasteiger partial charge in [-0.3, -0.25) is 9.08 Å². The van der Waals surface area contributed by atoms with Crippen LogP contribution in [0.15, 0.2) is 29.2 Å². The van der Waals surface area contributed by atoms with E-state index in [1.807, 2.05) is 6.92 Å². The Labute approximate surface area is 123 Å². The van der Waals surface area contributed by atoms with Gasteiger partial charge in [0.1, 0.15) is 0 Å². The fraction of sp³-hybridized carbons (Fsp3) is 0.571. The van der Waals surface area contributed by atoms with E-state index < -0.39 is 22.6 Å². The summed E-state index contributed by atoms with van der Waals surface area (Å²) in [6, 6.07) is 6.44. The molecule has 21 heavy (non-hydrogen) atoms. The van der Waals surface area contributed by atoms with E-state index >= 15 is 0 Å². The van der Waals surface area contributed by atoms with Crippen LogP contribution in [0.4, 0.5) is 8.78 Å². The molecule has 2 rings (SSSR count). The number of benzene rings is 1. The van der Waals surface area contributed by atoms with Crippen LogP contribution in [-0.4, -0.2) is 45.5 Å². The van der Waals surface area contributed by atoms with Crippen molar-refractivity contribution < 1.29 is 21.4 Å². The van der Waals surface area contributed by atoms with E-state index in [1.165, 1.54) is 12.1 Å². The van der Waals surface area contributed by atoms with Gasteiger partial charge in [0.25, 0.3) is 16.5 Å². The molecule has 0 saturated carbocycles. The number of hydrogen-bond acceptors (Lipinski definition) is 4. The zero-order chi connectivity index (χ0) is 15.5. The second-order valence-corrected chi connectivity index (χ2v) is 6.83. The number of likely N-dealkylation sites (tertiary alicyclic amines) is 1. The number of alkyl halides is 2. The van der Waals surface area contributed by atoms with Crippen LogP contribution in [0, 0.1) is 6.92 Å². The van der Waals surface area contributed by atoms with Gasteiger partial charge in [-0.1, -0.05) is 17.7 Å². The van der Waals surface area contributed by atoms with Crippen molar-refractivity contribution in [3.05, 3.63) is 29.8 Å². The molecule has 0 spiro atoms. The molecule has 0 N–H and O–H groups in total. The minimum absolute atomic E-state index is 0.128. The second kappa shape index (κ2) is 6.81. The van der Waals surface area contributed by atoms with Crippen LogP contribution in [0.2, 0.25) is 0 Å². The van der Waals surface area contributed by atoms with Crippen molar-refractivity contribution in [1.82, 2.24) is 4.90 Å². The van der Waals surface area contributed by atoms with Crippen LogP contribution >= 0.6 is 0 Å². The van der Waals surface area contributed by atoms with Gasteiger partial charge < -0.3 is 0 Å². The summed E-state index contributed by atoms with van der Waals surface area (Å²) < 4.78 is 54.0. The van der Waals surface area contributed by atoms with Crippen molar-refractivity contribution in [2.75, 3.05) is 19.6 Å². The Bertz CT molecular complexity index is 552. The van der Waals surface area contributed by atoms with Crippen LogP contribution in [0.25, 0.3) is 0 Å². The quantitative estimate of drug-likeness (QED) is 0.782. The van der Waals surface area contributed by atoms with Gasteiger partial charge in [0.15, 0.2) is 0 Å². The molecule has 0 radical (unpaired) electrons. The van der Waals surface area contributed by atoms with Crippen LogP contribution < -0.4 is 0 Å². The molecule has 0 unspecified atom stereocenters. The standard InChI is InChI=1S/C14H19F2NO3S/c1-11-2-4-13(5-3-11)21(18,19)20-12-6-8-17(9-7-12)10-14(15)16/h2-5,12,14H,6-10H2,1H3. The van der Waals surface area contributed by atoms with Gasteiger partial charge in [0, 0.05) is 13.1 Å². The minimum Gasteiger partial charge on any atom is -0.298 e. The molecule has 1 aliphatic heterocycles. The predicted octanol–water partition coefficient (Wildman–Crippen LogP) is 2.43. The number of aryl methyl sites for hydroxylation is 1. The molecule has 1 aromatic carbocycles. The fourth-order valence-corrected chi connectivity index (χ4v) is 3.45. The molecule has 4 nitrogen and oxygen atoms in total. The van der Waals surface area contributed by atoms with E-state index in [1.54, 1.807) is 17.0 Å². The van der Waals surface area contributed by atoms with Gasteiger partial charge in [-0.05, 0) is 31.9 Å². The summed E-state index contributed by atoms with van der Waals surface area (Å²) in [4.78, 5) is 1.76. The zero-order valence-corrected chi connectivity index (χ0v) is 12.7. The Hall–Kier alpha value is -1.05.